The molecule has 11 heteroatoms. The van der Waals surface area contributed by atoms with Crippen molar-refractivity contribution < 1.29 is 18.1 Å². The van der Waals surface area contributed by atoms with E-state index in [1.54, 1.807) is 11.0 Å². The number of nitrogens with zero attached hydrogens (tertiary/aromatic N) is 6. The summed E-state index contributed by atoms with van der Waals surface area (Å²) < 4.78 is 42.8. The maximum absolute atomic E-state index is 13.0. The Morgan fingerprint density at radius 1 is 1.22 bits per heavy atom. The fourth-order valence-electron chi connectivity index (χ4n) is 2.75. The molecule has 7 nitrogen and oxygen atoms in total. The predicted octanol–water partition coefficient (Wildman–Crippen LogP) is 1.78. The number of quaternary nitrogens is 1. The average molecular weight is 398 g/mol. The van der Waals surface area contributed by atoms with Gasteiger partial charge in [0.25, 0.3) is 0 Å². The first-order chi connectivity index (χ1) is 12.7. The van der Waals surface area contributed by atoms with Gasteiger partial charge in [-0.3, -0.25) is 4.57 Å². The molecule has 1 aromatic carbocycles. The molecule has 0 amide bonds. The number of hydrogen-bond donors (Lipinski definition) is 1. The zero-order valence-electron chi connectivity index (χ0n) is 15.0. The highest BCUT2D eigenvalue weighted by Gasteiger charge is 2.37. The second-order valence-electron chi connectivity index (χ2n) is 6.32. The summed E-state index contributed by atoms with van der Waals surface area (Å²) in [6, 6.07) is 7.78. The normalized spacial score (nSPS) is 14.3. The van der Waals surface area contributed by atoms with E-state index >= 15 is 0 Å². The van der Waals surface area contributed by atoms with E-state index in [0.29, 0.717) is 0 Å². The SMILES string of the molecule is C[C@@H](c1ccc(-n2cncn2)cc1)[NH+](C)Cn1nc(C(F)(F)F)n(C)c1=S. The quantitative estimate of drug-likeness (QED) is 0.666. The Balaban J connectivity index is 1.76. The van der Waals surface area contributed by atoms with E-state index in [2.05, 4.69) is 15.2 Å². The van der Waals surface area contributed by atoms with Crippen molar-refractivity contribution in [2.24, 2.45) is 7.05 Å². The van der Waals surface area contributed by atoms with Crippen LogP contribution >= 0.6 is 12.2 Å². The van der Waals surface area contributed by atoms with Crippen molar-refractivity contribution >= 4 is 12.2 Å². The number of hydrogen-bond acceptors (Lipinski definition) is 4. The van der Waals surface area contributed by atoms with Gasteiger partial charge in [0.1, 0.15) is 18.7 Å². The molecule has 0 bridgehead atoms. The lowest BCUT2D eigenvalue weighted by molar-refractivity contribution is -0.933. The molecule has 3 rings (SSSR count). The van der Waals surface area contributed by atoms with Gasteiger partial charge >= 0.3 is 6.18 Å². The van der Waals surface area contributed by atoms with Crippen LogP contribution < -0.4 is 4.90 Å². The summed E-state index contributed by atoms with van der Waals surface area (Å²) >= 11 is 5.10. The lowest BCUT2D eigenvalue weighted by Crippen LogP contribution is -3.08. The summed E-state index contributed by atoms with van der Waals surface area (Å²) in [5.74, 6) is -0.995. The van der Waals surface area contributed by atoms with Crippen LogP contribution in [0.5, 0.6) is 0 Å². The molecule has 2 atom stereocenters. The van der Waals surface area contributed by atoms with E-state index < -0.39 is 12.0 Å². The molecule has 3 aromatic rings. The molecule has 1 N–H and O–H groups in total. The highest BCUT2D eigenvalue weighted by molar-refractivity contribution is 7.71. The largest absolute Gasteiger partial charge is 0.451 e. The van der Waals surface area contributed by atoms with Gasteiger partial charge in [0.05, 0.1) is 12.7 Å². The molecule has 0 radical (unpaired) electrons. The van der Waals surface area contributed by atoms with Gasteiger partial charge in [-0.05, 0) is 31.3 Å². The molecule has 2 heterocycles. The summed E-state index contributed by atoms with van der Waals surface area (Å²) in [7, 11) is 3.16. The number of rotatable bonds is 5. The Bertz CT molecular complexity index is 958. The zero-order chi connectivity index (χ0) is 19.8. The van der Waals surface area contributed by atoms with E-state index in [0.717, 1.165) is 20.7 Å². The van der Waals surface area contributed by atoms with Crippen LogP contribution in [-0.4, -0.2) is 36.2 Å². The van der Waals surface area contributed by atoms with E-state index in [-0.39, 0.29) is 17.5 Å². The van der Waals surface area contributed by atoms with Crippen LogP contribution in [0.4, 0.5) is 13.2 Å². The van der Waals surface area contributed by atoms with Crippen LogP contribution in [0.25, 0.3) is 5.69 Å². The second-order valence-corrected chi connectivity index (χ2v) is 6.69. The summed E-state index contributed by atoms with van der Waals surface area (Å²) in [5.41, 5.74) is 1.91. The van der Waals surface area contributed by atoms with Crippen molar-refractivity contribution in [3.63, 3.8) is 0 Å². The van der Waals surface area contributed by atoms with Crippen LogP contribution in [0.2, 0.25) is 0 Å². The Morgan fingerprint density at radius 3 is 2.41 bits per heavy atom. The molecule has 0 spiro atoms. The first kappa shape index (κ1) is 19.2. The standard InChI is InChI=1S/C16H18F3N7S/c1-11(12-4-6-13(7-5-12)25-9-20-8-21-25)23(2)10-26-15(27)24(3)14(22-26)16(17,18)19/h4-9,11H,10H2,1-3H3/p+1/t11-/m0/s1. The monoisotopic (exact) mass is 398 g/mol. The lowest BCUT2D eigenvalue weighted by atomic mass is 10.1. The summed E-state index contributed by atoms with van der Waals surface area (Å²) in [4.78, 5) is 4.86. The highest BCUT2D eigenvalue weighted by atomic mass is 32.1. The molecule has 27 heavy (non-hydrogen) atoms. The summed E-state index contributed by atoms with van der Waals surface area (Å²) in [6.07, 6.45) is -1.47. The molecule has 0 saturated carbocycles. The van der Waals surface area contributed by atoms with E-state index in [1.807, 2.05) is 38.2 Å². The summed E-state index contributed by atoms with van der Waals surface area (Å²) in [5, 5.41) is 7.73. The van der Waals surface area contributed by atoms with Crippen molar-refractivity contribution in [3.8, 4) is 5.69 Å². The van der Waals surface area contributed by atoms with Gasteiger partial charge in [-0.25, -0.2) is 9.67 Å². The van der Waals surface area contributed by atoms with E-state index in [1.165, 1.54) is 18.1 Å². The topological polar surface area (TPSA) is 57.9 Å². The molecule has 144 valence electrons. The van der Waals surface area contributed by atoms with Crippen molar-refractivity contribution in [2.75, 3.05) is 7.05 Å². The number of nitrogens with one attached hydrogen (secondary N) is 1. The van der Waals surface area contributed by atoms with Gasteiger partial charge in [-0.2, -0.15) is 23.0 Å². The van der Waals surface area contributed by atoms with Gasteiger partial charge in [-0.15, -0.1) is 5.10 Å². The van der Waals surface area contributed by atoms with Gasteiger partial charge in [-0.1, -0.05) is 12.1 Å². The van der Waals surface area contributed by atoms with Crippen molar-refractivity contribution in [1.82, 2.24) is 29.1 Å². The Morgan fingerprint density at radius 2 is 1.89 bits per heavy atom. The molecule has 0 aliphatic rings. The minimum absolute atomic E-state index is 0.0213. The minimum Gasteiger partial charge on any atom is -0.313 e. The molecule has 1 unspecified atom stereocenters. The molecule has 0 aliphatic carbocycles. The highest BCUT2D eigenvalue weighted by Crippen LogP contribution is 2.27. The van der Waals surface area contributed by atoms with Crippen molar-refractivity contribution in [1.29, 1.82) is 0 Å². The Labute approximate surface area is 158 Å². The van der Waals surface area contributed by atoms with Crippen molar-refractivity contribution in [3.05, 3.63) is 53.1 Å². The number of aromatic nitrogens is 6. The zero-order valence-corrected chi connectivity index (χ0v) is 15.8. The fraction of sp³-hybridized carbons (Fsp3) is 0.375. The molecule has 0 fully saturated rings. The van der Waals surface area contributed by atoms with Crippen LogP contribution in [-0.2, 0) is 19.9 Å². The third-order valence-electron chi connectivity index (χ3n) is 4.51. The van der Waals surface area contributed by atoms with Crippen LogP contribution in [0, 0.1) is 4.77 Å². The summed E-state index contributed by atoms with van der Waals surface area (Å²) in [6.45, 7) is 2.21. The lowest BCUT2D eigenvalue weighted by Gasteiger charge is -2.22. The van der Waals surface area contributed by atoms with Crippen LogP contribution in [0.3, 0.4) is 0 Å². The van der Waals surface area contributed by atoms with Gasteiger partial charge in [0, 0.05) is 12.6 Å². The van der Waals surface area contributed by atoms with Gasteiger partial charge in [0.15, 0.2) is 6.67 Å². The molecule has 2 aromatic heterocycles. The second kappa shape index (κ2) is 7.24. The molecule has 0 saturated heterocycles. The Hall–Kier alpha value is -2.53. The Kier molecular flexibility index (Phi) is 5.16. The van der Waals surface area contributed by atoms with Gasteiger partial charge in [0.2, 0.25) is 10.6 Å². The van der Waals surface area contributed by atoms with Crippen LogP contribution in [0.15, 0.2) is 36.9 Å². The first-order valence-corrected chi connectivity index (χ1v) is 8.57. The minimum atomic E-state index is -4.54. The fourth-order valence-corrected chi connectivity index (χ4v) is 2.94. The average Bonchev–Trinajstić information content (AvgIpc) is 3.25. The maximum atomic E-state index is 13.0. The molecular formula is C16H19F3N7S+. The van der Waals surface area contributed by atoms with Crippen LogP contribution in [0.1, 0.15) is 24.4 Å². The first-order valence-electron chi connectivity index (χ1n) is 8.16. The smallest absolute Gasteiger partial charge is 0.313 e. The molecular weight excluding hydrogens is 379 g/mol. The maximum Gasteiger partial charge on any atom is 0.451 e. The third-order valence-corrected chi connectivity index (χ3v) is 4.99. The number of alkyl halides is 3. The van der Waals surface area contributed by atoms with E-state index in [9.17, 15) is 13.2 Å². The van der Waals surface area contributed by atoms with E-state index in [4.69, 9.17) is 12.2 Å². The third kappa shape index (κ3) is 3.93. The predicted molar refractivity (Wildman–Crippen MR) is 93.7 cm³/mol. The van der Waals surface area contributed by atoms with Gasteiger partial charge < -0.3 is 4.90 Å². The number of halogens is 3. The number of benzene rings is 1. The molecule has 0 aliphatic heterocycles. The van der Waals surface area contributed by atoms with Crippen molar-refractivity contribution in [2.45, 2.75) is 25.8 Å².